The molecule has 1 saturated heterocycles. The summed E-state index contributed by atoms with van der Waals surface area (Å²) in [5.74, 6) is -1.04. The number of ether oxygens (including phenoxy) is 2. The molecular weight excluding hydrogens is 562 g/mol. The van der Waals surface area contributed by atoms with E-state index in [-0.39, 0.29) is 25.3 Å². The molecule has 0 saturated carbocycles. The van der Waals surface area contributed by atoms with Crippen LogP contribution < -0.4 is 10.6 Å². The maximum Gasteiger partial charge on any atom is 0.329 e. The second-order valence-corrected chi connectivity index (χ2v) is 12.4. The molecule has 1 aliphatic heterocycles. The summed E-state index contributed by atoms with van der Waals surface area (Å²) in [6.45, 7) is 10.5. The van der Waals surface area contributed by atoms with Crippen molar-refractivity contribution in [2.24, 2.45) is 17.3 Å². The highest BCUT2D eigenvalue weighted by Crippen LogP contribution is 2.29. The van der Waals surface area contributed by atoms with Crippen molar-refractivity contribution in [2.45, 2.75) is 104 Å². The lowest BCUT2D eigenvalue weighted by Gasteiger charge is -2.35. The molecule has 0 aromatic heterocycles. The van der Waals surface area contributed by atoms with E-state index in [4.69, 9.17) is 15.9 Å². The number of cyclic esters (lactones) is 2. The van der Waals surface area contributed by atoms with Crippen molar-refractivity contribution in [2.75, 3.05) is 13.6 Å². The van der Waals surface area contributed by atoms with E-state index in [1.807, 2.05) is 44.2 Å². The van der Waals surface area contributed by atoms with Gasteiger partial charge in [0.25, 0.3) is 5.91 Å². The van der Waals surface area contributed by atoms with Crippen LogP contribution in [0.1, 0.15) is 79.2 Å². The predicted molar refractivity (Wildman–Crippen MR) is 167 cm³/mol. The van der Waals surface area contributed by atoms with E-state index < -0.39 is 65.3 Å². The Balaban J connectivity index is 2.55. The van der Waals surface area contributed by atoms with Gasteiger partial charge in [-0.3, -0.25) is 19.2 Å². The number of nitrogens with zero attached hydrogens (tertiary/aromatic N) is 1. The molecule has 0 unspecified atom stereocenters. The minimum atomic E-state index is -1.23. The molecule has 2 rings (SSSR count). The van der Waals surface area contributed by atoms with Crippen LogP contribution in [0.15, 0.2) is 30.3 Å². The SMILES string of the molecule is C#CCCC[C@@H]1OC(=O)CCNC(=O)[C@@H](Cc2ccccc2)N(C)C(=O)[C@H](C(C)C)OC(=O)[C@H]([C@@H](C)CC)NC(=O)C1(C)C. The van der Waals surface area contributed by atoms with Gasteiger partial charge in [-0.2, -0.15) is 0 Å². The van der Waals surface area contributed by atoms with Crippen molar-refractivity contribution in [3.8, 4) is 12.3 Å². The molecule has 1 heterocycles. The second kappa shape index (κ2) is 16.8. The van der Waals surface area contributed by atoms with Crippen LogP contribution in [0, 0.1) is 29.6 Å². The Hall–Kier alpha value is -3.87. The molecule has 5 atom stereocenters. The highest BCUT2D eigenvalue weighted by atomic mass is 16.6. The largest absolute Gasteiger partial charge is 0.461 e. The Morgan fingerprint density at radius 1 is 1.07 bits per heavy atom. The average Bonchev–Trinajstić information content (AvgIpc) is 2.99. The molecule has 10 heteroatoms. The number of benzene rings is 1. The van der Waals surface area contributed by atoms with Gasteiger partial charge < -0.3 is 25.0 Å². The lowest BCUT2D eigenvalue weighted by atomic mass is 9.82. The lowest BCUT2D eigenvalue weighted by Crippen LogP contribution is -2.56. The topological polar surface area (TPSA) is 131 Å². The van der Waals surface area contributed by atoms with Gasteiger partial charge in [-0.05, 0) is 44.1 Å². The Labute approximate surface area is 262 Å². The van der Waals surface area contributed by atoms with E-state index >= 15 is 0 Å². The van der Waals surface area contributed by atoms with Crippen molar-refractivity contribution >= 4 is 29.7 Å². The number of carbonyl (C=O) groups excluding carboxylic acids is 5. The zero-order valence-corrected chi connectivity index (χ0v) is 27.2. The molecule has 3 amide bonds. The van der Waals surface area contributed by atoms with Crippen LogP contribution in [-0.2, 0) is 39.9 Å². The molecule has 0 aliphatic carbocycles. The third-order valence-corrected chi connectivity index (χ3v) is 8.31. The van der Waals surface area contributed by atoms with E-state index in [1.54, 1.807) is 27.7 Å². The van der Waals surface area contributed by atoms with Crippen LogP contribution in [0.4, 0.5) is 0 Å². The maximum atomic E-state index is 13.9. The summed E-state index contributed by atoms with van der Waals surface area (Å²) in [4.78, 5) is 69.0. The lowest BCUT2D eigenvalue weighted by molar-refractivity contribution is -0.168. The van der Waals surface area contributed by atoms with Crippen molar-refractivity contribution in [3.63, 3.8) is 0 Å². The van der Waals surface area contributed by atoms with Crippen molar-refractivity contribution < 1.29 is 33.4 Å². The quantitative estimate of drug-likeness (QED) is 0.262. The first-order valence-electron chi connectivity index (χ1n) is 15.5. The van der Waals surface area contributed by atoms with Gasteiger partial charge in [0.2, 0.25) is 11.8 Å². The molecule has 1 aliphatic rings. The number of hydrogen-bond acceptors (Lipinski definition) is 7. The van der Waals surface area contributed by atoms with Crippen molar-refractivity contribution in [1.29, 1.82) is 0 Å². The molecule has 44 heavy (non-hydrogen) atoms. The Morgan fingerprint density at radius 2 is 1.73 bits per heavy atom. The van der Waals surface area contributed by atoms with Gasteiger partial charge in [0.05, 0.1) is 11.8 Å². The molecule has 242 valence electrons. The summed E-state index contributed by atoms with van der Waals surface area (Å²) in [6, 6.07) is 7.23. The molecule has 1 fully saturated rings. The first kappa shape index (κ1) is 36.3. The highest BCUT2D eigenvalue weighted by Gasteiger charge is 2.43. The fourth-order valence-electron chi connectivity index (χ4n) is 4.99. The monoisotopic (exact) mass is 611 g/mol. The summed E-state index contributed by atoms with van der Waals surface area (Å²) in [5.41, 5.74) is -0.408. The first-order valence-corrected chi connectivity index (χ1v) is 15.5. The maximum absolute atomic E-state index is 13.9. The van der Waals surface area contributed by atoms with Crippen LogP contribution in [-0.4, -0.2) is 72.4 Å². The number of unbranched alkanes of at least 4 members (excludes halogenated alkanes) is 1. The zero-order valence-electron chi connectivity index (χ0n) is 27.2. The average molecular weight is 612 g/mol. The van der Waals surface area contributed by atoms with Crippen molar-refractivity contribution in [3.05, 3.63) is 35.9 Å². The fourth-order valence-corrected chi connectivity index (χ4v) is 4.99. The number of carbonyl (C=O) groups is 5. The molecule has 0 radical (unpaired) electrons. The summed E-state index contributed by atoms with van der Waals surface area (Å²) >= 11 is 0. The van der Waals surface area contributed by atoms with Gasteiger partial charge in [-0.1, -0.05) is 64.4 Å². The molecule has 0 bridgehead atoms. The summed E-state index contributed by atoms with van der Waals surface area (Å²) < 4.78 is 11.6. The van der Waals surface area contributed by atoms with E-state index in [0.29, 0.717) is 25.7 Å². The summed E-state index contributed by atoms with van der Waals surface area (Å²) in [6.07, 6.45) is 5.27. The van der Waals surface area contributed by atoms with Gasteiger partial charge in [0.1, 0.15) is 18.2 Å². The Morgan fingerprint density at radius 3 is 2.32 bits per heavy atom. The van der Waals surface area contributed by atoms with Crippen LogP contribution >= 0.6 is 0 Å². The Bertz CT molecular complexity index is 1190. The molecular formula is C34H49N3O7. The third kappa shape index (κ3) is 9.83. The number of likely N-dealkylation sites (N-methyl/N-ethyl adjacent to an activating group) is 1. The zero-order chi connectivity index (χ0) is 33.0. The first-order chi connectivity index (χ1) is 20.7. The van der Waals surface area contributed by atoms with Crippen LogP contribution in [0.3, 0.4) is 0 Å². The van der Waals surface area contributed by atoms with Gasteiger partial charge in [-0.25, -0.2) is 4.79 Å². The van der Waals surface area contributed by atoms with Crippen LogP contribution in [0.25, 0.3) is 0 Å². The number of rotatable bonds is 8. The number of nitrogens with one attached hydrogen (secondary N) is 2. The van der Waals surface area contributed by atoms with Crippen LogP contribution in [0.2, 0.25) is 0 Å². The normalized spacial score (nSPS) is 24.8. The number of hydrogen-bond donors (Lipinski definition) is 2. The van der Waals surface area contributed by atoms with Crippen LogP contribution in [0.5, 0.6) is 0 Å². The van der Waals surface area contributed by atoms with E-state index in [9.17, 15) is 24.0 Å². The number of terminal acetylenes is 1. The van der Waals surface area contributed by atoms with E-state index in [2.05, 4.69) is 16.6 Å². The molecule has 2 N–H and O–H groups in total. The molecule has 1 aromatic carbocycles. The van der Waals surface area contributed by atoms with Gasteiger partial charge >= 0.3 is 11.9 Å². The Kier molecular flexibility index (Phi) is 13.9. The minimum absolute atomic E-state index is 0.0344. The summed E-state index contributed by atoms with van der Waals surface area (Å²) in [5, 5.41) is 5.60. The fraction of sp³-hybridized carbons (Fsp3) is 0.618. The van der Waals surface area contributed by atoms with E-state index in [0.717, 1.165) is 5.56 Å². The number of amides is 3. The smallest absolute Gasteiger partial charge is 0.329 e. The predicted octanol–water partition coefficient (Wildman–Crippen LogP) is 3.42. The van der Waals surface area contributed by atoms with Gasteiger partial charge in [0, 0.05) is 26.4 Å². The van der Waals surface area contributed by atoms with Gasteiger partial charge in [-0.15, -0.1) is 12.3 Å². The molecule has 1 aromatic rings. The molecule has 0 spiro atoms. The molecule has 10 nitrogen and oxygen atoms in total. The second-order valence-electron chi connectivity index (χ2n) is 12.4. The summed E-state index contributed by atoms with van der Waals surface area (Å²) in [7, 11) is 1.50. The third-order valence-electron chi connectivity index (χ3n) is 8.31. The standard InChI is InChI=1S/C34H49N3O7/c1-9-11-13-18-26-34(6,7)33(42)36-28(23(5)10-2)32(41)44-29(22(3)4)31(40)37(8)25(21-24-16-14-12-15-17-24)30(39)35-20-19-27(38)43-26/h1,12,14-17,22-23,25-26,28-29H,10-11,13,18-21H2,2-8H3,(H,35,39)(H,36,42)/t23-,25+,26-,28-,29-/m0/s1. The number of esters is 2. The highest BCUT2D eigenvalue weighted by molar-refractivity contribution is 5.92. The van der Waals surface area contributed by atoms with Gasteiger partial charge in [0.15, 0.2) is 6.10 Å². The minimum Gasteiger partial charge on any atom is -0.461 e. The van der Waals surface area contributed by atoms with Crippen molar-refractivity contribution in [1.82, 2.24) is 15.5 Å². The van der Waals surface area contributed by atoms with E-state index in [1.165, 1.54) is 11.9 Å².